The van der Waals surface area contributed by atoms with Gasteiger partial charge in [0.15, 0.2) is 0 Å². The van der Waals surface area contributed by atoms with E-state index in [1.807, 2.05) is 20.8 Å². The van der Waals surface area contributed by atoms with Gasteiger partial charge in [-0.2, -0.15) is 0 Å². The fraction of sp³-hybridized carbons (Fsp3) is 0.857. The molecule has 1 saturated heterocycles. The number of hydrogen-bond donors (Lipinski definition) is 1. The summed E-state index contributed by atoms with van der Waals surface area (Å²) in [5.41, 5.74) is -0.0865. The Kier molecular flexibility index (Phi) is 3.39. The number of amides is 1. The first-order chi connectivity index (χ1) is 8.29. The number of likely N-dealkylation sites (tertiary alicyclic amines) is 1. The molecule has 1 aliphatic heterocycles. The molecule has 1 heterocycles. The molecule has 1 aliphatic carbocycles. The lowest BCUT2D eigenvalue weighted by molar-refractivity contribution is -0.150. The average Bonchev–Trinajstić information content (AvgIpc) is 2.70. The number of aliphatic carboxylic acids is 1. The zero-order chi connectivity index (χ0) is 13.5. The van der Waals surface area contributed by atoms with Crippen LogP contribution >= 0.6 is 0 Å². The fourth-order valence-corrected chi connectivity index (χ4v) is 3.41. The molecule has 0 bridgehead atoms. The van der Waals surface area contributed by atoms with Crippen molar-refractivity contribution in [1.82, 2.24) is 4.90 Å². The van der Waals surface area contributed by atoms with Crippen molar-refractivity contribution in [1.29, 1.82) is 0 Å². The van der Waals surface area contributed by atoms with Crippen molar-refractivity contribution in [2.24, 2.45) is 11.3 Å². The molecule has 0 aromatic rings. The van der Waals surface area contributed by atoms with Gasteiger partial charge < -0.3 is 10.0 Å². The average molecular weight is 253 g/mol. The van der Waals surface area contributed by atoms with Crippen LogP contribution in [0, 0.1) is 11.3 Å². The lowest BCUT2D eigenvalue weighted by atomic mass is 9.91. The Morgan fingerprint density at radius 2 is 1.94 bits per heavy atom. The maximum absolute atomic E-state index is 12.4. The van der Waals surface area contributed by atoms with Crippen molar-refractivity contribution in [3.8, 4) is 0 Å². The second-order valence-corrected chi connectivity index (χ2v) is 6.89. The molecule has 2 fully saturated rings. The van der Waals surface area contributed by atoms with E-state index in [1.165, 1.54) is 0 Å². The monoisotopic (exact) mass is 253 g/mol. The van der Waals surface area contributed by atoms with Gasteiger partial charge >= 0.3 is 5.97 Å². The van der Waals surface area contributed by atoms with Crippen LogP contribution in [0.4, 0.5) is 0 Å². The summed E-state index contributed by atoms with van der Waals surface area (Å²) in [6.45, 7) is 6.05. The number of nitrogens with zero attached hydrogens (tertiary/aromatic N) is 1. The van der Waals surface area contributed by atoms with Crippen LogP contribution in [-0.2, 0) is 9.59 Å². The van der Waals surface area contributed by atoms with Gasteiger partial charge in [0, 0.05) is 12.5 Å². The second-order valence-electron chi connectivity index (χ2n) is 6.89. The van der Waals surface area contributed by atoms with Gasteiger partial charge in [-0.25, -0.2) is 4.79 Å². The summed E-state index contributed by atoms with van der Waals surface area (Å²) in [5, 5.41) is 9.29. The third-order valence-electron chi connectivity index (χ3n) is 4.09. The number of carboxylic acids is 1. The Morgan fingerprint density at radius 1 is 1.28 bits per heavy atom. The molecule has 3 atom stereocenters. The summed E-state index contributed by atoms with van der Waals surface area (Å²) in [7, 11) is 0. The van der Waals surface area contributed by atoms with E-state index in [4.69, 9.17) is 0 Å². The summed E-state index contributed by atoms with van der Waals surface area (Å²) in [6, 6.07) is -0.406. The van der Waals surface area contributed by atoms with Gasteiger partial charge in [0.2, 0.25) is 5.91 Å². The molecule has 0 aromatic heterocycles. The highest BCUT2D eigenvalue weighted by molar-refractivity contribution is 5.85. The van der Waals surface area contributed by atoms with E-state index in [2.05, 4.69) is 0 Å². The number of rotatable bonds is 2. The van der Waals surface area contributed by atoms with E-state index in [1.54, 1.807) is 4.90 Å². The normalized spacial score (nSPS) is 31.5. The van der Waals surface area contributed by atoms with E-state index < -0.39 is 12.0 Å². The van der Waals surface area contributed by atoms with Crippen molar-refractivity contribution in [2.45, 2.75) is 65.0 Å². The van der Waals surface area contributed by atoms with Gasteiger partial charge in [-0.1, -0.05) is 27.2 Å². The number of carbonyl (C=O) groups is 2. The maximum Gasteiger partial charge on any atom is 0.326 e. The Hall–Kier alpha value is -1.06. The molecule has 2 aliphatic rings. The molecular formula is C14H23NO3. The topological polar surface area (TPSA) is 57.6 Å². The second kappa shape index (κ2) is 4.56. The number of fused-ring (bicyclic) bond motifs is 1. The molecule has 102 valence electrons. The van der Waals surface area contributed by atoms with Crippen LogP contribution in [0.3, 0.4) is 0 Å². The summed E-state index contributed by atoms with van der Waals surface area (Å²) < 4.78 is 0. The first-order valence-corrected chi connectivity index (χ1v) is 6.83. The van der Waals surface area contributed by atoms with Crippen molar-refractivity contribution < 1.29 is 14.7 Å². The van der Waals surface area contributed by atoms with Crippen molar-refractivity contribution in [3.05, 3.63) is 0 Å². The number of carbonyl (C=O) groups excluding carboxylic acids is 1. The Balaban J connectivity index is 2.16. The third kappa shape index (κ3) is 2.52. The molecule has 0 radical (unpaired) electrons. The molecule has 4 heteroatoms. The first kappa shape index (κ1) is 13.4. The van der Waals surface area contributed by atoms with Gasteiger partial charge in [0.1, 0.15) is 6.04 Å². The van der Waals surface area contributed by atoms with Crippen LogP contribution in [0.5, 0.6) is 0 Å². The largest absolute Gasteiger partial charge is 0.480 e. The van der Waals surface area contributed by atoms with Crippen LogP contribution in [0.2, 0.25) is 0 Å². The summed E-state index contributed by atoms with van der Waals surface area (Å²) >= 11 is 0. The SMILES string of the molecule is CC(C)(C)CC(=O)N1C(C(=O)O)CC2CCCC21. The maximum atomic E-state index is 12.4. The fourth-order valence-electron chi connectivity index (χ4n) is 3.41. The molecule has 0 spiro atoms. The van der Waals surface area contributed by atoms with Gasteiger partial charge in [0.05, 0.1) is 0 Å². The van der Waals surface area contributed by atoms with E-state index >= 15 is 0 Å². The highest BCUT2D eigenvalue weighted by Crippen LogP contribution is 2.42. The molecule has 1 N–H and O–H groups in total. The lowest BCUT2D eigenvalue weighted by Crippen LogP contribution is -2.45. The van der Waals surface area contributed by atoms with Crippen molar-refractivity contribution in [3.63, 3.8) is 0 Å². The van der Waals surface area contributed by atoms with Crippen LogP contribution in [0.1, 0.15) is 52.9 Å². The Bertz CT molecular complexity index is 359. The Morgan fingerprint density at radius 3 is 2.50 bits per heavy atom. The van der Waals surface area contributed by atoms with E-state index in [9.17, 15) is 14.7 Å². The van der Waals surface area contributed by atoms with Crippen LogP contribution < -0.4 is 0 Å². The standard InChI is InChI=1S/C14H23NO3/c1-14(2,3)8-12(16)15-10-6-4-5-9(10)7-11(15)13(17)18/h9-11H,4-8H2,1-3H3,(H,17,18). The number of hydrogen-bond acceptors (Lipinski definition) is 2. The predicted octanol–water partition coefficient (Wildman–Crippen LogP) is 2.28. The molecule has 4 nitrogen and oxygen atoms in total. The highest BCUT2D eigenvalue weighted by Gasteiger charge is 2.48. The summed E-state index contributed by atoms with van der Waals surface area (Å²) in [6.07, 6.45) is 4.26. The summed E-state index contributed by atoms with van der Waals surface area (Å²) in [5.74, 6) is -0.411. The minimum atomic E-state index is -0.841. The van der Waals surface area contributed by atoms with E-state index in [0.29, 0.717) is 18.8 Å². The molecule has 1 saturated carbocycles. The molecule has 1 amide bonds. The summed E-state index contributed by atoms with van der Waals surface area (Å²) in [4.78, 5) is 25.4. The molecule has 2 rings (SSSR count). The molecule has 0 aromatic carbocycles. The smallest absolute Gasteiger partial charge is 0.326 e. The van der Waals surface area contributed by atoms with E-state index in [0.717, 1.165) is 19.3 Å². The van der Waals surface area contributed by atoms with Crippen LogP contribution in [0.15, 0.2) is 0 Å². The molecule has 18 heavy (non-hydrogen) atoms. The highest BCUT2D eigenvalue weighted by atomic mass is 16.4. The number of carboxylic acid groups (broad SMARTS) is 1. The lowest BCUT2D eigenvalue weighted by Gasteiger charge is -2.30. The zero-order valence-corrected chi connectivity index (χ0v) is 11.5. The van der Waals surface area contributed by atoms with Gasteiger partial charge in [-0.05, 0) is 30.6 Å². The first-order valence-electron chi connectivity index (χ1n) is 6.83. The zero-order valence-electron chi connectivity index (χ0n) is 11.5. The minimum Gasteiger partial charge on any atom is -0.480 e. The van der Waals surface area contributed by atoms with Crippen molar-refractivity contribution in [2.75, 3.05) is 0 Å². The van der Waals surface area contributed by atoms with Crippen LogP contribution in [0.25, 0.3) is 0 Å². The van der Waals surface area contributed by atoms with Gasteiger partial charge in [-0.3, -0.25) is 4.79 Å². The molecule has 3 unspecified atom stereocenters. The molecular weight excluding hydrogens is 230 g/mol. The van der Waals surface area contributed by atoms with Gasteiger partial charge in [0.25, 0.3) is 0 Å². The predicted molar refractivity (Wildman–Crippen MR) is 68.1 cm³/mol. The Labute approximate surface area is 108 Å². The third-order valence-corrected chi connectivity index (χ3v) is 4.09. The van der Waals surface area contributed by atoms with Crippen molar-refractivity contribution >= 4 is 11.9 Å². The van der Waals surface area contributed by atoms with E-state index in [-0.39, 0.29) is 17.4 Å². The minimum absolute atomic E-state index is 0.0179. The van der Waals surface area contributed by atoms with Crippen LogP contribution in [-0.4, -0.2) is 34.0 Å². The van der Waals surface area contributed by atoms with Gasteiger partial charge in [-0.15, -0.1) is 0 Å². The quantitative estimate of drug-likeness (QED) is 0.821.